The number of hydrogen-bond acceptors (Lipinski definition) is 6. The molecule has 198 valence electrons. The molecule has 8 nitrogen and oxygen atoms in total. The summed E-state index contributed by atoms with van der Waals surface area (Å²) in [6.45, 7) is 5.21. The first kappa shape index (κ1) is 26.6. The highest BCUT2D eigenvalue weighted by molar-refractivity contribution is 5.96. The third-order valence-electron chi connectivity index (χ3n) is 6.03. The number of carbonyl (C=O) groups is 2. The summed E-state index contributed by atoms with van der Waals surface area (Å²) in [5, 5.41) is 17.7. The van der Waals surface area contributed by atoms with Gasteiger partial charge in [-0.15, -0.1) is 13.2 Å². The molecule has 0 saturated carbocycles. The molecule has 0 radical (unpaired) electrons. The van der Waals surface area contributed by atoms with Gasteiger partial charge in [-0.3, -0.25) is 4.79 Å². The number of carboxylic acids is 1. The number of pyridine rings is 1. The van der Waals surface area contributed by atoms with Gasteiger partial charge in [-0.25, -0.2) is 9.78 Å². The molecule has 0 unspecified atom stereocenters. The number of aliphatic carboxylic acids is 1. The van der Waals surface area contributed by atoms with E-state index in [4.69, 9.17) is 5.10 Å². The van der Waals surface area contributed by atoms with Crippen LogP contribution in [0.4, 0.5) is 19.0 Å². The summed E-state index contributed by atoms with van der Waals surface area (Å²) in [5.74, 6) is -1.15. The van der Waals surface area contributed by atoms with Crippen molar-refractivity contribution < 1.29 is 32.6 Å². The molecule has 4 rings (SSSR count). The van der Waals surface area contributed by atoms with Crippen molar-refractivity contribution in [2.75, 3.05) is 5.32 Å². The molecule has 1 aliphatic carbocycles. The Morgan fingerprint density at radius 1 is 1.18 bits per heavy atom. The van der Waals surface area contributed by atoms with Gasteiger partial charge in [-0.05, 0) is 56.0 Å². The third-order valence-corrected chi connectivity index (χ3v) is 6.03. The van der Waals surface area contributed by atoms with Crippen LogP contribution < -0.4 is 5.32 Å². The van der Waals surface area contributed by atoms with Crippen molar-refractivity contribution in [1.29, 1.82) is 0 Å². The minimum absolute atomic E-state index is 0.0513. The highest BCUT2D eigenvalue weighted by Crippen LogP contribution is 2.38. The minimum atomic E-state index is -4.93. The Bertz CT molecular complexity index is 1470. The van der Waals surface area contributed by atoms with Crippen LogP contribution in [-0.2, 0) is 16.0 Å². The van der Waals surface area contributed by atoms with Crippen LogP contribution in [0.3, 0.4) is 0 Å². The Morgan fingerprint density at radius 3 is 2.58 bits per heavy atom. The average molecular weight is 527 g/mol. The standard InChI is InChI=1S/C27H25F3N4O4/c1-4-21-23(18-9-5-8-17(13-18)16(3)35)25(34(33-21)24-15(2)7-6-12-31-24)32-22-11-10-19(38-27(28,29)30)14-20(22)26(36)37/h5-9,12-14,32H,4,10-11H2,1-3H3,(H,36,37). The Balaban J connectivity index is 1.94. The summed E-state index contributed by atoms with van der Waals surface area (Å²) in [6, 6.07) is 10.6. The number of nitrogens with one attached hydrogen (secondary N) is 1. The number of ketones is 1. The number of allylic oxidation sites excluding steroid dienone is 2. The summed E-state index contributed by atoms with van der Waals surface area (Å²) in [7, 11) is 0. The van der Waals surface area contributed by atoms with Crippen LogP contribution in [0.1, 0.15) is 48.3 Å². The zero-order valence-electron chi connectivity index (χ0n) is 20.9. The fraction of sp³-hybridized carbons (Fsp3) is 0.259. The van der Waals surface area contributed by atoms with E-state index < -0.39 is 18.1 Å². The molecule has 0 spiro atoms. The summed E-state index contributed by atoms with van der Waals surface area (Å²) in [4.78, 5) is 28.6. The van der Waals surface area contributed by atoms with Crippen LogP contribution in [0.2, 0.25) is 0 Å². The SMILES string of the molecule is CCc1nn(-c2ncccc2C)c(NC2=C(C(=O)O)C=C(OC(F)(F)F)CC2)c1-c1cccc(C(C)=O)c1. The maximum atomic E-state index is 12.8. The second kappa shape index (κ2) is 10.5. The van der Waals surface area contributed by atoms with Crippen molar-refractivity contribution in [2.24, 2.45) is 0 Å². The second-order valence-corrected chi connectivity index (χ2v) is 8.70. The normalized spacial score (nSPS) is 13.8. The van der Waals surface area contributed by atoms with E-state index in [2.05, 4.69) is 15.0 Å². The highest BCUT2D eigenvalue weighted by Gasteiger charge is 2.34. The number of benzene rings is 1. The van der Waals surface area contributed by atoms with Crippen molar-refractivity contribution in [2.45, 2.75) is 46.4 Å². The fourth-order valence-electron chi connectivity index (χ4n) is 4.27. The molecule has 0 saturated heterocycles. The number of Topliss-reactive ketones (excluding diaryl/α,β-unsaturated/α-hetero) is 1. The smallest absolute Gasteiger partial charge is 0.478 e. The Morgan fingerprint density at radius 2 is 1.95 bits per heavy atom. The molecule has 2 aromatic heterocycles. The van der Waals surface area contributed by atoms with E-state index in [1.165, 1.54) is 6.92 Å². The summed E-state index contributed by atoms with van der Waals surface area (Å²) >= 11 is 0. The molecule has 2 heterocycles. The highest BCUT2D eigenvalue weighted by atomic mass is 19.4. The summed E-state index contributed by atoms with van der Waals surface area (Å²) < 4.78 is 43.9. The van der Waals surface area contributed by atoms with E-state index >= 15 is 0 Å². The number of carboxylic acid groups (broad SMARTS) is 1. The van der Waals surface area contributed by atoms with Crippen LogP contribution in [-0.4, -0.2) is 38.0 Å². The van der Waals surface area contributed by atoms with Gasteiger partial charge in [0.25, 0.3) is 0 Å². The largest absolute Gasteiger partial charge is 0.572 e. The maximum absolute atomic E-state index is 12.8. The van der Waals surface area contributed by atoms with Gasteiger partial charge in [0.1, 0.15) is 11.6 Å². The molecular weight excluding hydrogens is 501 g/mol. The number of alkyl halides is 3. The summed E-state index contributed by atoms with van der Waals surface area (Å²) in [5.41, 5.74) is 3.05. The zero-order valence-corrected chi connectivity index (χ0v) is 20.9. The molecule has 38 heavy (non-hydrogen) atoms. The number of nitrogens with zero attached hydrogens (tertiary/aromatic N) is 3. The molecule has 0 aliphatic heterocycles. The summed E-state index contributed by atoms with van der Waals surface area (Å²) in [6.07, 6.45) is -2.16. The molecule has 1 aromatic carbocycles. The first-order chi connectivity index (χ1) is 18.0. The second-order valence-electron chi connectivity index (χ2n) is 8.70. The topological polar surface area (TPSA) is 106 Å². The van der Waals surface area contributed by atoms with E-state index in [1.807, 2.05) is 26.0 Å². The number of aryl methyl sites for hydroxylation is 2. The van der Waals surface area contributed by atoms with Gasteiger partial charge >= 0.3 is 12.3 Å². The first-order valence-corrected chi connectivity index (χ1v) is 11.8. The van der Waals surface area contributed by atoms with Crippen LogP contribution >= 0.6 is 0 Å². The Kier molecular flexibility index (Phi) is 7.38. The van der Waals surface area contributed by atoms with Crippen molar-refractivity contribution in [3.8, 4) is 16.9 Å². The molecule has 0 bridgehead atoms. The molecule has 2 N–H and O–H groups in total. The number of ether oxygens (including phenoxy) is 1. The maximum Gasteiger partial charge on any atom is 0.572 e. The number of anilines is 1. The van der Waals surface area contributed by atoms with Crippen molar-refractivity contribution in [3.63, 3.8) is 0 Å². The average Bonchev–Trinajstić information content (AvgIpc) is 3.22. The molecule has 11 heteroatoms. The zero-order chi connectivity index (χ0) is 27.6. The molecule has 0 amide bonds. The van der Waals surface area contributed by atoms with E-state index in [0.717, 1.165) is 11.6 Å². The van der Waals surface area contributed by atoms with Gasteiger partial charge in [-0.1, -0.05) is 31.2 Å². The monoisotopic (exact) mass is 526 g/mol. The number of halogens is 3. The van der Waals surface area contributed by atoms with E-state index in [-0.39, 0.29) is 29.9 Å². The van der Waals surface area contributed by atoms with Gasteiger partial charge in [0.2, 0.25) is 0 Å². The molecule has 0 atom stereocenters. The minimum Gasteiger partial charge on any atom is -0.478 e. The van der Waals surface area contributed by atoms with Crippen molar-refractivity contribution >= 4 is 17.6 Å². The number of hydrogen-bond donors (Lipinski definition) is 2. The number of rotatable bonds is 8. The lowest BCUT2D eigenvalue weighted by molar-refractivity contribution is -0.306. The van der Waals surface area contributed by atoms with Crippen LogP contribution in [0.25, 0.3) is 16.9 Å². The van der Waals surface area contributed by atoms with Gasteiger partial charge in [-0.2, -0.15) is 9.78 Å². The molecule has 1 aliphatic rings. The Labute approximate surface area is 216 Å². The van der Waals surface area contributed by atoms with Gasteiger partial charge in [0.05, 0.1) is 11.3 Å². The number of aromatic nitrogens is 3. The van der Waals surface area contributed by atoms with E-state index in [1.54, 1.807) is 35.1 Å². The predicted octanol–water partition coefficient (Wildman–Crippen LogP) is 5.97. The van der Waals surface area contributed by atoms with Crippen LogP contribution in [0, 0.1) is 6.92 Å². The number of carbonyl (C=O) groups excluding carboxylic acids is 1. The van der Waals surface area contributed by atoms with E-state index in [9.17, 15) is 27.9 Å². The molecular formula is C27H25F3N4O4. The van der Waals surface area contributed by atoms with Gasteiger partial charge in [0, 0.05) is 29.4 Å². The van der Waals surface area contributed by atoms with Crippen LogP contribution in [0.15, 0.2) is 65.7 Å². The van der Waals surface area contributed by atoms with Crippen molar-refractivity contribution in [3.05, 3.63) is 82.5 Å². The van der Waals surface area contributed by atoms with Gasteiger partial charge < -0.3 is 15.2 Å². The van der Waals surface area contributed by atoms with E-state index in [0.29, 0.717) is 40.4 Å². The van der Waals surface area contributed by atoms with Crippen molar-refractivity contribution in [1.82, 2.24) is 14.8 Å². The fourth-order valence-corrected chi connectivity index (χ4v) is 4.27. The lowest BCUT2D eigenvalue weighted by Gasteiger charge is -2.22. The third kappa shape index (κ3) is 5.61. The van der Waals surface area contributed by atoms with Gasteiger partial charge in [0.15, 0.2) is 11.6 Å². The quantitative estimate of drug-likeness (QED) is 0.348. The van der Waals surface area contributed by atoms with Crippen LogP contribution in [0.5, 0.6) is 0 Å². The Hall–Kier alpha value is -4.41. The lowest BCUT2D eigenvalue weighted by Crippen LogP contribution is -2.19. The molecule has 0 fully saturated rings. The lowest BCUT2D eigenvalue weighted by atomic mass is 9.98. The predicted molar refractivity (Wildman–Crippen MR) is 134 cm³/mol. The molecule has 3 aromatic rings. The first-order valence-electron chi connectivity index (χ1n) is 11.8.